The molecule has 3 heterocycles. The molecule has 1 saturated heterocycles. The zero-order chi connectivity index (χ0) is 15.4. The van der Waals surface area contributed by atoms with Gasteiger partial charge in [-0.3, -0.25) is 14.5 Å². The quantitative estimate of drug-likeness (QED) is 0.809. The second kappa shape index (κ2) is 7.04. The summed E-state index contributed by atoms with van der Waals surface area (Å²) in [5.74, 6) is 1.12. The maximum atomic E-state index is 8.92. The van der Waals surface area contributed by atoms with E-state index in [0.717, 1.165) is 45.1 Å². The molecule has 0 unspecified atom stereocenters. The predicted octanol–water partition coefficient (Wildman–Crippen LogP) is -0.0733. The van der Waals surface area contributed by atoms with Crippen molar-refractivity contribution in [3.05, 3.63) is 36.2 Å². The molecule has 3 rings (SSSR count). The molecule has 0 amide bonds. The highest BCUT2D eigenvalue weighted by molar-refractivity contribution is 5.04. The number of aromatic nitrogens is 4. The van der Waals surface area contributed by atoms with Crippen LogP contribution in [0, 0.1) is 0 Å². The molecule has 0 saturated carbocycles. The molecule has 2 aromatic rings. The third-order valence-corrected chi connectivity index (χ3v) is 4.17. The summed E-state index contributed by atoms with van der Waals surface area (Å²) >= 11 is 0. The van der Waals surface area contributed by atoms with E-state index in [1.165, 1.54) is 5.56 Å². The SMILES string of the molecule is Cn1ccnc1CN1CCN(Cc2cnn(CCO)c2)CC1. The van der Waals surface area contributed by atoms with Crippen LogP contribution in [0.15, 0.2) is 24.8 Å². The van der Waals surface area contributed by atoms with Gasteiger partial charge in [0.1, 0.15) is 5.82 Å². The number of aryl methyl sites for hydroxylation is 1. The van der Waals surface area contributed by atoms with Crippen molar-refractivity contribution < 1.29 is 5.11 Å². The average Bonchev–Trinajstić information content (AvgIpc) is 3.12. The summed E-state index contributed by atoms with van der Waals surface area (Å²) < 4.78 is 3.88. The molecule has 7 nitrogen and oxygen atoms in total. The standard InChI is InChI=1S/C15H24N6O/c1-18-3-2-16-15(18)13-20-6-4-19(5-7-20)11-14-10-17-21(12-14)8-9-22/h2-3,10,12,22H,4-9,11,13H2,1H3. The van der Waals surface area contributed by atoms with E-state index in [0.29, 0.717) is 6.54 Å². The van der Waals surface area contributed by atoms with Crippen molar-refractivity contribution in [3.63, 3.8) is 0 Å². The van der Waals surface area contributed by atoms with E-state index in [-0.39, 0.29) is 6.61 Å². The van der Waals surface area contributed by atoms with Gasteiger partial charge >= 0.3 is 0 Å². The monoisotopic (exact) mass is 304 g/mol. The van der Waals surface area contributed by atoms with Gasteiger partial charge in [0.15, 0.2) is 0 Å². The Kier molecular flexibility index (Phi) is 4.87. The number of imidazole rings is 1. The molecule has 7 heteroatoms. The van der Waals surface area contributed by atoms with Gasteiger partial charge in [-0.1, -0.05) is 0 Å². The van der Waals surface area contributed by atoms with Gasteiger partial charge in [-0.05, 0) is 0 Å². The Morgan fingerprint density at radius 1 is 1.14 bits per heavy atom. The Bertz CT molecular complexity index is 584. The molecule has 0 aliphatic carbocycles. The number of piperazine rings is 1. The topological polar surface area (TPSA) is 62.4 Å². The Hall–Kier alpha value is -1.70. The first-order chi connectivity index (χ1) is 10.7. The van der Waals surface area contributed by atoms with Gasteiger partial charge in [-0.25, -0.2) is 4.98 Å². The van der Waals surface area contributed by atoms with Crippen LogP contribution in [0.25, 0.3) is 0 Å². The zero-order valence-electron chi connectivity index (χ0n) is 13.1. The third kappa shape index (κ3) is 3.73. The molecule has 0 bridgehead atoms. The van der Waals surface area contributed by atoms with Crippen LogP contribution in [-0.4, -0.2) is 67.0 Å². The van der Waals surface area contributed by atoms with Crippen molar-refractivity contribution in [1.82, 2.24) is 29.1 Å². The molecular weight excluding hydrogens is 280 g/mol. The zero-order valence-corrected chi connectivity index (χ0v) is 13.1. The van der Waals surface area contributed by atoms with Gasteiger partial charge in [0.05, 0.1) is 25.9 Å². The Balaban J connectivity index is 1.46. The number of rotatable bonds is 6. The minimum atomic E-state index is 0.132. The molecule has 0 atom stereocenters. The van der Waals surface area contributed by atoms with Crippen molar-refractivity contribution >= 4 is 0 Å². The van der Waals surface area contributed by atoms with E-state index < -0.39 is 0 Å². The predicted molar refractivity (Wildman–Crippen MR) is 83.1 cm³/mol. The largest absolute Gasteiger partial charge is 0.394 e. The van der Waals surface area contributed by atoms with Crippen molar-refractivity contribution in [2.75, 3.05) is 32.8 Å². The first-order valence-corrected chi connectivity index (χ1v) is 7.77. The molecule has 1 aliphatic rings. The third-order valence-electron chi connectivity index (χ3n) is 4.17. The van der Waals surface area contributed by atoms with E-state index in [9.17, 15) is 0 Å². The second-order valence-corrected chi connectivity index (χ2v) is 5.84. The van der Waals surface area contributed by atoms with Crippen LogP contribution in [0.5, 0.6) is 0 Å². The van der Waals surface area contributed by atoms with E-state index in [1.54, 1.807) is 4.68 Å². The fourth-order valence-electron chi connectivity index (χ4n) is 2.83. The number of nitrogens with zero attached hydrogens (tertiary/aromatic N) is 6. The van der Waals surface area contributed by atoms with Gasteiger partial charge in [0, 0.05) is 63.9 Å². The number of aliphatic hydroxyl groups is 1. The van der Waals surface area contributed by atoms with Crippen LogP contribution < -0.4 is 0 Å². The fraction of sp³-hybridized carbons (Fsp3) is 0.600. The highest BCUT2D eigenvalue weighted by atomic mass is 16.3. The van der Waals surface area contributed by atoms with Crippen LogP contribution in [0.4, 0.5) is 0 Å². The Morgan fingerprint density at radius 3 is 2.50 bits per heavy atom. The molecule has 0 aromatic carbocycles. The highest BCUT2D eigenvalue weighted by Crippen LogP contribution is 2.10. The summed E-state index contributed by atoms with van der Waals surface area (Å²) in [6, 6.07) is 0. The highest BCUT2D eigenvalue weighted by Gasteiger charge is 2.18. The number of hydrogen-bond donors (Lipinski definition) is 1. The maximum absolute atomic E-state index is 8.92. The van der Waals surface area contributed by atoms with Crippen LogP contribution in [0.1, 0.15) is 11.4 Å². The van der Waals surface area contributed by atoms with Crippen molar-refractivity contribution in [2.24, 2.45) is 7.05 Å². The lowest BCUT2D eigenvalue weighted by molar-refractivity contribution is 0.119. The molecule has 1 N–H and O–H groups in total. The summed E-state index contributed by atoms with van der Waals surface area (Å²) in [6.45, 7) is 6.82. The molecule has 120 valence electrons. The van der Waals surface area contributed by atoms with Crippen LogP contribution >= 0.6 is 0 Å². The van der Waals surface area contributed by atoms with Crippen LogP contribution in [0.3, 0.4) is 0 Å². The molecular formula is C15H24N6O. The second-order valence-electron chi connectivity index (χ2n) is 5.84. The Labute approximate surface area is 130 Å². The Morgan fingerprint density at radius 2 is 1.86 bits per heavy atom. The lowest BCUT2D eigenvalue weighted by atomic mass is 10.2. The lowest BCUT2D eigenvalue weighted by Gasteiger charge is -2.34. The lowest BCUT2D eigenvalue weighted by Crippen LogP contribution is -2.45. The normalized spacial score (nSPS) is 17.2. The summed E-state index contributed by atoms with van der Waals surface area (Å²) in [5.41, 5.74) is 1.21. The van der Waals surface area contributed by atoms with Gasteiger partial charge in [-0.2, -0.15) is 5.10 Å². The molecule has 0 spiro atoms. The molecule has 22 heavy (non-hydrogen) atoms. The minimum Gasteiger partial charge on any atom is -0.394 e. The molecule has 0 radical (unpaired) electrons. The smallest absolute Gasteiger partial charge is 0.122 e. The van der Waals surface area contributed by atoms with E-state index >= 15 is 0 Å². The van der Waals surface area contributed by atoms with Crippen LogP contribution in [-0.2, 0) is 26.7 Å². The van der Waals surface area contributed by atoms with E-state index in [2.05, 4.69) is 24.4 Å². The summed E-state index contributed by atoms with van der Waals surface area (Å²) in [7, 11) is 2.04. The number of hydrogen-bond acceptors (Lipinski definition) is 5. The summed E-state index contributed by atoms with van der Waals surface area (Å²) in [5, 5.41) is 13.2. The van der Waals surface area contributed by atoms with E-state index in [4.69, 9.17) is 5.11 Å². The first-order valence-electron chi connectivity index (χ1n) is 7.77. The maximum Gasteiger partial charge on any atom is 0.122 e. The molecule has 1 aliphatic heterocycles. The minimum absolute atomic E-state index is 0.132. The average molecular weight is 304 g/mol. The van der Waals surface area contributed by atoms with Crippen molar-refractivity contribution in [1.29, 1.82) is 0 Å². The van der Waals surface area contributed by atoms with Gasteiger partial charge in [-0.15, -0.1) is 0 Å². The van der Waals surface area contributed by atoms with Crippen molar-refractivity contribution in [3.8, 4) is 0 Å². The number of aliphatic hydroxyl groups excluding tert-OH is 1. The molecule has 1 fully saturated rings. The summed E-state index contributed by atoms with van der Waals surface area (Å²) in [6.07, 6.45) is 7.78. The van der Waals surface area contributed by atoms with Crippen LogP contribution in [0.2, 0.25) is 0 Å². The van der Waals surface area contributed by atoms with Gasteiger partial charge in [0.2, 0.25) is 0 Å². The fourth-order valence-corrected chi connectivity index (χ4v) is 2.83. The molecule has 2 aromatic heterocycles. The van der Waals surface area contributed by atoms with Gasteiger partial charge in [0.25, 0.3) is 0 Å². The van der Waals surface area contributed by atoms with E-state index in [1.807, 2.05) is 31.8 Å². The van der Waals surface area contributed by atoms with Gasteiger partial charge < -0.3 is 9.67 Å². The van der Waals surface area contributed by atoms with Crippen molar-refractivity contribution in [2.45, 2.75) is 19.6 Å². The first kappa shape index (κ1) is 15.2. The summed E-state index contributed by atoms with van der Waals surface area (Å²) in [4.78, 5) is 9.30.